The molecule has 2 aromatic carbocycles. The summed E-state index contributed by atoms with van der Waals surface area (Å²) >= 11 is 0. The van der Waals surface area contributed by atoms with Gasteiger partial charge in [0.1, 0.15) is 6.26 Å². The number of carbonyl (C=O) groups excluding carboxylic acids is 1. The molecule has 0 aliphatic rings. The summed E-state index contributed by atoms with van der Waals surface area (Å²) in [4.78, 5) is 23.4. The van der Waals surface area contributed by atoms with Crippen molar-refractivity contribution in [2.45, 2.75) is 6.42 Å². The topological polar surface area (TPSA) is 79.5 Å². The predicted molar refractivity (Wildman–Crippen MR) is 89.8 cm³/mol. The van der Waals surface area contributed by atoms with Gasteiger partial charge in [-0.1, -0.05) is 42.5 Å². The summed E-state index contributed by atoms with van der Waals surface area (Å²) in [5.41, 5.74) is 1.31. The summed E-state index contributed by atoms with van der Waals surface area (Å²) in [6.45, 7) is 0.0617. The van der Waals surface area contributed by atoms with Crippen LogP contribution in [0, 0.1) is 5.92 Å². The van der Waals surface area contributed by atoms with E-state index in [-0.39, 0.29) is 12.5 Å². The fourth-order valence-electron chi connectivity index (χ4n) is 2.61. The molecule has 24 heavy (non-hydrogen) atoms. The number of hydrogen-bond donors (Lipinski definition) is 2. The van der Waals surface area contributed by atoms with Crippen LogP contribution in [0.15, 0.2) is 65.5 Å². The van der Waals surface area contributed by atoms with Crippen LogP contribution in [0.3, 0.4) is 0 Å². The van der Waals surface area contributed by atoms with Gasteiger partial charge in [0.15, 0.2) is 0 Å². The van der Waals surface area contributed by atoms with Gasteiger partial charge in [-0.3, -0.25) is 9.59 Å². The zero-order chi connectivity index (χ0) is 16.9. The largest absolute Gasteiger partial charge is 0.481 e. The van der Waals surface area contributed by atoms with Crippen LogP contribution in [0.4, 0.5) is 0 Å². The van der Waals surface area contributed by atoms with Crippen molar-refractivity contribution < 1.29 is 19.1 Å². The number of aliphatic carboxylic acids is 1. The summed E-state index contributed by atoms with van der Waals surface area (Å²) < 4.78 is 4.85. The number of benzene rings is 2. The van der Waals surface area contributed by atoms with Gasteiger partial charge in [0.2, 0.25) is 0 Å². The molecular weight excluding hydrogens is 306 g/mol. The van der Waals surface area contributed by atoms with E-state index < -0.39 is 11.9 Å². The molecule has 122 valence electrons. The van der Waals surface area contributed by atoms with Crippen LogP contribution >= 0.6 is 0 Å². The van der Waals surface area contributed by atoms with Gasteiger partial charge in [0.25, 0.3) is 5.91 Å². The molecule has 0 saturated carbocycles. The van der Waals surface area contributed by atoms with Crippen molar-refractivity contribution in [1.29, 1.82) is 0 Å². The van der Waals surface area contributed by atoms with Crippen LogP contribution in [0.2, 0.25) is 0 Å². The van der Waals surface area contributed by atoms with Crippen molar-refractivity contribution in [2.75, 3.05) is 6.54 Å². The summed E-state index contributed by atoms with van der Waals surface area (Å²) in [6, 6.07) is 15.4. The second kappa shape index (κ2) is 7.00. The molecule has 3 rings (SSSR count). The van der Waals surface area contributed by atoms with Gasteiger partial charge < -0.3 is 14.8 Å². The van der Waals surface area contributed by atoms with E-state index in [2.05, 4.69) is 5.32 Å². The van der Waals surface area contributed by atoms with Gasteiger partial charge in [-0.2, -0.15) is 0 Å². The summed E-state index contributed by atoms with van der Waals surface area (Å²) in [5.74, 6) is -1.97. The fourth-order valence-corrected chi connectivity index (χ4v) is 2.61. The maximum atomic E-state index is 11.9. The Kier molecular flexibility index (Phi) is 4.61. The highest BCUT2D eigenvalue weighted by atomic mass is 16.4. The van der Waals surface area contributed by atoms with E-state index in [1.807, 2.05) is 42.5 Å². The molecule has 1 amide bonds. The fraction of sp³-hybridized carbons (Fsp3) is 0.158. The molecule has 0 fully saturated rings. The first-order valence-electron chi connectivity index (χ1n) is 7.64. The molecule has 5 nitrogen and oxygen atoms in total. The number of rotatable bonds is 6. The standard InChI is InChI=1S/C19H17NO4/c21-18(16-7-8-24-12-16)20-11-17(19(22)23)10-13-5-6-14-3-1-2-4-15(14)9-13/h1-9,12,17H,10-11H2,(H,20,21)(H,22,23). The number of carboxylic acid groups (broad SMARTS) is 1. The van der Waals surface area contributed by atoms with E-state index in [9.17, 15) is 14.7 Å². The lowest BCUT2D eigenvalue weighted by Gasteiger charge is -2.13. The van der Waals surface area contributed by atoms with Crippen molar-refractivity contribution >= 4 is 22.6 Å². The average molecular weight is 323 g/mol. The van der Waals surface area contributed by atoms with Gasteiger partial charge in [-0.05, 0) is 28.8 Å². The van der Waals surface area contributed by atoms with Crippen molar-refractivity contribution in [2.24, 2.45) is 5.92 Å². The maximum Gasteiger partial charge on any atom is 0.308 e. The Bertz CT molecular complexity index is 855. The molecule has 0 aliphatic heterocycles. The van der Waals surface area contributed by atoms with Crippen LogP contribution in [0.25, 0.3) is 10.8 Å². The molecule has 0 spiro atoms. The normalized spacial score (nSPS) is 12.0. The lowest BCUT2D eigenvalue weighted by atomic mass is 9.97. The Balaban J connectivity index is 1.68. The molecule has 5 heteroatoms. The second-order valence-corrected chi connectivity index (χ2v) is 5.64. The minimum atomic E-state index is -0.935. The summed E-state index contributed by atoms with van der Waals surface area (Å²) in [5, 5.41) is 14.2. The number of carbonyl (C=O) groups is 2. The van der Waals surface area contributed by atoms with Crippen molar-refractivity contribution in [3.63, 3.8) is 0 Å². The van der Waals surface area contributed by atoms with E-state index in [0.29, 0.717) is 12.0 Å². The molecular formula is C19H17NO4. The van der Waals surface area contributed by atoms with E-state index in [1.54, 1.807) is 0 Å². The van der Waals surface area contributed by atoms with Gasteiger partial charge in [-0.25, -0.2) is 0 Å². The first-order chi connectivity index (χ1) is 11.6. The van der Waals surface area contributed by atoms with Gasteiger partial charge in [-0.15, -0.1) is 0 Å². The average Bonchev–Trinajstić information content (AvgIpc) is 3.12. The van der Waals surface area contributed by atoms with Crippen LogP contribution in [-0.4, -0.2) is 23.5 Å². The molecule has 0 aliphatic carbocycles. The summed E-state index contributed by atoms with van der Waals surface area (Å²) in [6.07, 6.45) is 3.08. The third kappa shape index (κ3) is 3.63. The predicted octanol–water partition coefficient (Wildman–Crippen LogP) is 3.11. The van der Waals surface area contributed by atoms with Crippen LogP contribution in [-0.2, 0) is 11.2 Å². The molecule has 0 bridgehead atoms. The Morgan fingerprint density at radius 2 is 1.88 bits per heavy atom. The van der Waals surface area contributed by atoms with Crippen molar-refractivity contribution in [1.82, 2.24) is 5.32 Å². The van der Waals surface area contributed by atoms with Crippen LogP contribution < -0.4 is 5.32 Å². The zero-order valence-electron chi connectivity index (χ0n) is 12.9. The first kappa shape index (κ1) is 15.8. The van der Waals surface area contributed by atoms with Crippen molar-refractivity contribution in [3.05, 3.63) is 72.2 Å². The zero-order valence-corrected chi connectivity index (χ0v) is 12.9. The number of nitrogens with one attached hydrogen (secondary N) is 1. The van der Waals surface area contributed by atoms with Gasteiger partial charge in [0.05, 0.1) is 17.7 Å². The first-order valence-corrected chi connectivity index (χ1v) is 7.64. The molecule has 0 saturated heterocycles. The van der Waals surface area contributed by atoms with Gasteiger partial charge in [0, 0.05) is 6.54 Å². The minimum Gasteiger partial charge on any atom is -0.481 e. The van der Waals surface area contributed by atoms with E-state index in [1.165, 1.54) is 18.6 Å². The quantitative estimate of drug-likeness (QED) is 0.730. The number of carboxylic acids is 1. The third-order valence-electron chi connectivity index (χ3n) is 3.94. The monoisotopic (exact) mass is 323 g/mol. The van der Waals surface area contributed by atoms with Gasteiger partial charge >= 0.3 is 5.97 Å². The van der Waals surface area contributed by atoms with Crippen molar-refractivity contribution in [3.8, 4) is 0 Å². The van der Waals surface area contributed by atoms with E-state index in [4.69, 9.17) is 4.42 Å². The van der Waals surface area contributed by atoms with E-state index in [0.717, 1.165) is 16.3 Å². The Hall–Kier alpha value is -3.08. The molecule has 2 N–H and O–H groups in total. The molecule has 1 aromatic heterocycles. The van der Waals surface area contributed by atoms with E-state index >= 15 is 0 Å². The minimum absolute atomic E-state index is 0.0617. The highest BCUT2D eigenvalue weighted by Crippen LogP contribution is 2.18. The third-order valence-corrected chi connectivity index (χ3v) is 3.94. The Labute approximate surface area is 138 Å². The summed E-state index contributed by atoms with van der Waals surface area (Å²) in [7, 11) is 0. The highest BCUT2D eigenvalue weighted by molar-refractivity contribution is 5.94. The van der Waals surface area contributed by atoms with Crippen LogP contribution in [0.5, 0.6) is 0 Å². The Morgan fingerprint density at radius 1 is 1.08 bits per heavy atom. The number of furan rings is 1. The maximum absolute atomic E-state index is 11.9. The highest BCUT2D eigenvalue weighted by Gasteiger charge is 2.19. The number of amides is 1. The molecule has 1 atom stereocenters. The van der Waals surface area contributed by atoms with Crippen LogP contribution in [0.1, 0.15) is 15.9 Å². The molecule has 1 heterocycles. The lowest BCUT2D eigenvalue weighted by molar-refractivity contribution is -0.141. The number of hydrogen-bond acceptors (Lipinski definition) is 3. The number of fused-ring (bicyclic) bond motifs is 1. The lowest BCUT2D eigenvalue weighted by Crippen LogP contribution is -2.33. The second-order valence-electron chi connectivity index (χ2n) is 5.64. The molecule has 1 unspecified atom stereocenters. The smallest absolute Gasteiger partial charge is 0.308 e. The molecule has 0 radical (unpaired) electrons. The SMILES string of the molecule is O=C(NCC(Cc1ccc2ccccc2c1)C(=O)O)c1ccoc1. The Morgan fingerprint density at radius 3 is 2.58 bits per heavy atom. The molecule has 3 aromatic rings.